The highest BCUT2D eigenvalue weighted by atomic mass is 35.5. The van der Waals surface area contributed by atoms with Gasteiger partial charge in [0.2, 0.25) is 5.91 Å². The Balaban J connectivity index is 0.00000392. The summed E-state index contributed by atoms with van der Waals surface area (Å²) in [6, 6.07) is 10.5. The van der Waals surface area contributed by atoms with Crippen LogP contribution in [0, 0.1) is 0 Å². The van der Waals surface area contributed by atoms with Crippen molar-refractivity contribution >= 4 is 48.1 Å². The molecule has 0 atom stereocenters. The number of halogens is 2. The van der Waals surface area contributed by atoms with Crippen LogP contribution in [0.4, 0.5) is 16.2 Å². The van der Waals surface area contributed by atoms with E-state index in [9.17, 15) is 9.59 Å². The zero-order valence-electron chi connectivity index (χ0n) is 16.2. The largest absolute Gasteiger partial charge is 0.334 e. The number of unbranched alkanes of at least 4 members (excludes halogenated alkanes) is 3. The minimum absolute atomic E-state index is 0. The third-order valence-corrected chi connectivity index (χ3v) is 3.96. The number of nitrogens with zero attached hydrogens (tertiary/aromatic N) is 1. The summed E-state index contributed by atoms with van der Waals surface area (Å²) < 4.78 is 0. The molecule has 0 saturated carbocycles. The lowest BCUT2D eigenvalue weighted by Gasteiger charge is -2.10. The Labute approximate surface area is 184 Å². The van der Waals surface area contributed by atoms with Crippen molar-refractivity contribution in [2.45, 2.75) is 38.6 Å². The van der Waals surface area contributed by atoms with Crippen LogP contribution in [-0.4, -0.2) is 23.5 Å². The molecule has 0 saturated heterocycles. The quantitative estimate of drug-likeness (QED) is 0.416. The summed E-state index contributed by atoms with van der Waals surface area (Å²) in [6.07, 6.45) is 7.74. The molecule has 0 unspecified atom stereocenters. The molecule has 29 heavy (non-hydrogen) atoms. The molecule has 2 aromatic rings. The molecular formula is C20H29Cl2N5O2. The van der Waals surface area contributed by atoms with Crippen LogP contribution in [-0.2, 0) is 11.3 Å². The highest BCUT2D eigenvalue weighted by molar-refractivity contribution is 5.93. The lowest BCUT2D eigenvalue weighted by Crippen LogP contribution is -2.28. The van der Waals surface area contributed by atoms with Gasteiger partial charge in [-0.25, -0.2) is 4.79 Å². The molecule has 0 aliphatic carbocycles. The molecule has 9 heteroatoms. The maximum Gasteiger partial charge on any atom is 0.319 e. The van der Waals surface area contributed by atoms with E-state index in [4.69, 9.17) is 5.73 Å². The Bertz CT molecular complexity index is 732. The van der Waals surface area contributed by atoms with Crippen LogP contribution in [0.1, 0.15) is 37.7 Å². The fraction of sp³-hybridized carbons (Fsp3) is 0.350. The number of nitrogens with one attached hydrogen (secondary N) is 3. The smallest absolute Gasteiger partial charge is 0.319 e. The van der Waals surface area contributed by atoms with Gasteiger partial charge < -0.3 is 21.7 Å². The molecule has 160 valence electrons. The van der Waals surface area contributed by atoms with E-state index in [1.807, 2.05) is 12.1 Å². The Morgan fingerprint density at radius 2 is 1.55 bits per heavy atom. The van der Waals surface area contributed by atoms with E-state index in [-0.39, 0.29) is 36.8 Å². The monoisotopic (exact) mass is 441 g/mol. The molecule has 0 spiro atoms. The zero-order chi connectivity index (χ0) is 19.3. The van der Waals surface area contributed by atoms with Crippen LogP contribution in [0.15, 0.2) is 48.8 Å². The van der Waals surface area contributed by atoms with Gasteiger partial charge >= 0.3 is 6.03 Å². The number of carbonyl (C=O) groups is 2. The van der Waals surface area contributed by atoms with Gasteiger partial charge in [0.05, 0.1) is 0 Å². The number of hydrogen-bond acceptors (Lipinski definition) is 4. The highest BCUT2D eigenvalue weighted by Gasteiger charge is 2.05. The standard InChI is InChI=1S/C20H27N5O2.2ClH/c21-11-4-2-1-3-8-19(26)24-17-6-5-7-18(14-17)25-20(27)23-15-16-9-12-22-13-10-16;;/h5-7,9-10,12-14H,1-4,8,11,15,21H2,(H,24,26)(H2,23,25,27);2*1H. The van der Waals surface area contributed by atoms with Crippen molar-refractivity contribution in [3.8, 4) is 0 Å². The topological polar surface area (TPSA) is 109 Å². The van der Waals surface area contributed by atoms with E-state index in [0.29, 0.717) is 30.9 Å². The normalized spacial score (nSPS) is 9.55. The number of rotatable bonds is 10. The Hall–Kier alpha value is -2.35. The van der Waals surface area contributed by atoms with Gasteiger partial charge in [-0.2, -0.15) is 0 Å². The van der Waals surface area contributed by atoms with Crippen molar-refractivity contribution in [3.05, 3.63) is 54.4 Å². The Morgan fingerprint density at radius 3 is 2.24 bits per heavy atom. The molecule has 0 aliphatic rings. The lowest BCUT2D eigenvalue weighted by atomic mass is 10.1. The molecule has 3 amide bonds. The number of pyridine rings is 1. The summed E-state index contributed by atoms with van der Waals surface area (Å²) in [5.74, 6) is -0.0259. The van der Waals surface area contributed by atoms with E-state index in [0.717, 1.165) is 31.2 Å². The first kappa shape index (κ1) is 26.6. The minimum Gasteiger partial charge on any atom is -0.334 e. The van der Waals surface area contributed by atoms with Crippen LogP contribution in [0.3, 0.4) is 0 Å². The van der Waals surface area contributed by atoms with Gasteiger partial charge in [-0.3, -0.25) is 9.78 Å². The van der Waals surface area contributed by atoms with E-state index >= 15 is 0 Å². The van der Waals surface area contributed by atoms with Crippen molar-refractivity contribution in [1.82, 2.24) is 10.3 Å². The number of nitrogens with two attached hydrogens (primary N) is 1. The molecule has 5 N–H and O–H groups in total. The molecule has 0 aliphatic heterocycles. The van der Waals surface area contributed by atoms with Crippen molar-refractivity contribution in [2.75, 3.05) is 17.2 Å². The maximum atomic E-state index is 12.0. The first-order valence-electron chi connectivity index (χ1n) is 9.21. The van der Waals surface area contributed by atoms with Crippen LogP contribution in [0.25, 0.3) is 0 Å². The highest BCUT2D eigenvalue weighted by Crippen LogP contribution is 2.16. The second-order valence-corrected chi connectivity index (χ2v) is 6.25. The predicted octanol–water partition coefficient (Wildman–Crippen LogP) is 4.09. The Morgan fingerprint density at radius 1 is 0.897 bits per heavy atom. The van der Waals surface area contributed by atoms with E-state index in [1.165, 1.54) is 0 Å². The van der Waals surface area contributed by atoms with Crippen molar-refractivity contribution in [2.24, 2.45) is 5.73 Å². The average molecular weight is 442 g/mol. The number of anilines is 2. The van der Waals surface area contributed by atoms with E-state index in [1.54, 1.807) is 36.7 Å². The van der Waals surface area contributed by atoms with Gasteiger partial charge in [0.25, 0.3) is 0 Å². The molecule has 1 heterocycles. The van der Waals surface area contributed by atoms with Crippen LogP contribution < -0.4 is 21.7 Å². The van der Waals surface area contributed by atoms with Crippen LogP contribution in [0.5, 0.6) is 0 Å². The minimum atomic E-state index is -0.310. The first-order chi connectivity index (χ1) is 13.2. The molecule has 2 rings (SSSR count). The van der Waals surface area contributed by atoms with Crippen molar-refractivity contribution in [3.63, 3.8) is 0 Å². The molecule has 7 nitrogen and oxygen atoms in total. The number of carbonyl (C=O) groups excluding carboxylic acids is 2. The Kier molecular flexibility index (Phi) is 14.3. The summed E-state index contributed by atoms with van der Waals surface area (Å²) in [7, 11) is 0. The predicted molar refractivity (Wildman–Crippen MR) is 122 cm³/mol. The molecule has 1 aromatic heterocycles. The van der Waals surface area contributed by atoms with Gasteiger partial charge in [-0.15, -0.1) is 24.8 Å². The molecule has 0 bridgehead atoms. The van der Waals surface area contributed by atoms with E-state index < -0.39 is 0 Å². The van der Waals surface area contributed by atoms with Gasteiger partial charge in [-0.05, 0) is 55.3 Å². The molecule has 0 radical (unpaired) electrons. The van der Waals surface area contributed by atoms with Crippen LogP contribution in [0.2, 0.25) is 0 Å². The SMILES string of the molecule is Cl.Cl.NCCCCCCC(=O)Nc1cccc(NC(=O)NCc2ccncc2)c1. The summed E-state index contributed by atoms with van der Waals surface area (Å²) in [5, 5.41) is 8.40. The van der Waals surface area contributed by atoms with Gasteiger partial charge in [-0.1, -0.05) is 18.9 Å². The number of hydrogen-bond donors (Lipinski definition) is 4. The fourth-order valence-electron chi connectivity index (χ4n) is 2.54. The summed E-state index contributed by atoms with van der Waals surface area (Å²) in [6.45, 7) is 1.11. The number of amides is 3. The number of benzene rings is 1. The second-order valence-electron chi connectivity index (χ2n) is 6.25. The van der Waals surface area contributed by atoms with Crippen molar-refractivity contribution in [1.29, 1.82) is 0 Å². The molecular weight excluding hydrogens is 413 g/mol. The summed E-state index contributed by atoms with van der Waals surface area (Å²) in [4.78, 5) is 27.9. The molecule has 0 fully saturated rings. The second kappa shape index (κ2) is 15.6. The van der Waals surface area contributed by atoms with Crippen LogP contribution >= 0.6 is 24.8 Å². The first-order valence-corrected chi connectivity index (χ1v) is 9.21. The third-order valence-electron chi connectivity index (χ3n) is 3.96. The van der Waals surface area contributed by atoms with Gasteiger partial charge in [0, 0.05) is 36.7 Å². The average Bonchev–Trinajstić information content (AvgIpc) is 2.67. The summed E-state index contributed by atoms with van der Waals surface area (Å²) in [5.41, 5.74) is 7.69. The lowest BCUT2D eigenvalue weighted by molar-refractivity contribution is -0.116. The van der Waals surface area contributed by atoms with E-state index in [2.05, 4.69) is 20.9 Å². The third kappa shape index (κ3) is 11.3. The van der Waals surface area contributed by atoms with Gasteiger partial charge in [0.15, 0.2) is 0 Å². The number of aromatic nitrogens is 1. The zero-order valence-corrected chi connectivity index (χ0v) is 17.9. The summed E-state index contributed by atoms with van der Waals surface area (Å²) >= 11 is 0. The molecule has 1 aromatic carbocycles. The van der Waals surface area contributed by atoms with Gasteiger partial charge in [0.1, 0.15) is 0 Å². The maximum absolute atomic E-state index is 12.0. The fourth-order valence-corrected chi connectivity index (χ4v) is 2.54. The van der Waals surface area contributed by atoms with Crippen molar-refractivity contribution < 1.29 is 9.59 Å². The number of urea groups is 1.